The predicted molar refractivity (Wildman–Crippen MR) is 129 cm³/mol. The van der Waals surface area contributed by atoms with Gasteiger partial charge >= 0.3 is 5.97 Å². The number of amides is 2. The minimum absolute atomic E-state index is 0.0577. The Morgan fingerprint density at radius 3 is 2.80 bits per heavy atom. The maximum absolute atomic E-state index is 12.6. The van der Waals surface area contributed by atoms with Crippen LogP contribution in [-0.4, -0.2) is 45.2 Å². The van der Waals surface area contributed by atoms with E-state index < -0.39 is 22.9 Å². The van der Waals surface area contributed by atoms with E-state index >= 15 is 0 Å². The molecule has 0 aliphatic carbocycles. The largest absolute Gasteiger partial charge is 0.449 e. The molecule has 1 N–H and O–H groups in total. The fourth-order valence-electron chi connectivity index (χ4n) is 3.62. The van der Waals surface area contributed by atoms with Crippen LogP contribution in [0.25, 0.3) is 11.3 Å². The van der Waals surface area contributed by atoms with Crippen LogP contribution in [0.3, 0.4) is 0 Å². The Bertz CT molecular complexity index is 1290. The number of nitro benzene ring substituents is 1. The zero-order valence-electron chi connectivity index (χ0n) is 18.8. The van der Waals surface area contributed by atoms with Crippen molar-refractivity contribution in [3.8, 4) is 11.3 Å². The second kappa shape index (κ2) is 10.4. The molecule has 2 aromatic carbocycles. The van der Waals surface area contributed by atoms with Crippen molar-refractivity contribution in [1.29, 1.82) is 0 Å². The molecule has 0 bridgehead atoms. The molecule has 35 heavy (non-hydrogen) atoms. The predicted octanol–water partition coefficient (Wildman–Crippen LogP) is 4.02. The minimum Gasteiger partial charge on any atom is -0.449 e. The summed E-state index contributed by atoms with van der Waals surface area (Å²) in [5, 5.41) is 15.5. The van der Waals surface area contributed by atoms with Crippen LogP contribution in [-0.2, 0) is 20.9 Å². The molecule has 1 fully saturated rings. The first-order valence-electron chi connectivity index (χ1n) is 10.9. The number of esters is 1. The van der Waals surface area contributed by atoms with Gasteiger partial charge in [0.1, 0.15) is 0 Å². The number of carbonyl (C=O) groups excluding carboxylic acids is 3. The number of likely N-dealkylation sites (tertiary alicyclic amines) is 1. The van der Waals surface area contributed by atoms with Gasteiger partial charge in [0.2, 0.25) is 5.91 Å². The van der Waals surface area contributed by atoms with Gasteiger partial charge in [-0.25, -0.2) is 9.78 Å². The highest BCUT2D eigenvalue weighted by Gasteiger charge is 2.22. The number of carbonyl (C=O) groups is 3. The summed E-state index contributed by atoms with van der Waals surface area (Å²) in [6, 6.07) is 12.8. The van der Waals surface area contributed by atoms with E-state index in [0.717, 1.165) is 23.3 Å². The van der Waals surface area contributed by atoms with Crippen molar-refractivity contribution in [2.24, 2.45) is 0 Å². The van der Waals surface area contributed by atoms with Gasteiger partial charge < -0.3 is 9.64 Å². The van der Waals surface area contributed by atoms with Crippen LogP contribution in [0.2, 0.25) is 0 Å². The first kappa shape index (κ1) is 24.0. The van der Waals surface area contributed by atoms with Gasteiger partial charge in [-0.1, -0.05) is 24.3 Å². The number of hydrogen-bond acceptors (Lipinski definition) is 8. The van der Waals surface area contributed by atoms with Crippen LogP contribution in [0.15, 0.2) is 53.9 Å². The third kappa shape index (κ3) is 5.87. The van der Waals surface area contributed by atoms with Crippen LogP contribution in [0, 0.1) is 10.1 Å². The number of aromatic nitrogens is 1. The van der Waals surface area contributed by atoms with E-state index in [9.17, 15) is 24.5 Å². The standard InChI is InChI=1S/C24H22N4O6S/c1-15(34-23(31)18-7-2-5-16(11-18)13-27-10-4-9-21(27)29)22(30)26-24-25-20(14-35-24)17-6-3-8-19(12-17)28(32)33/h2-3,5-8,11-12,14-15H,4,9-10,13H2,1H3,(H,25,26,30). The van der Waals surface area contributed by atoms with Crippen molar-refractivity contribution in [2.45, 2.75) is 32.4 Å². The van der Waals surface area contributed by atoms with Gasteiger partial charge in [-0.2, -0.15) is 0 Å². The van der Waals surface area contributed by atoms with E-state index in [-0.39, 0.29) is 22.3 Å². The fourth-order valence-corrected chi connectivity index (χ4v) is 4.34. The summed E-state index contributed by atoms with van der Waals surface area (Å²) in [6.45, 7) is 2.58. The second-order valence-corrected chi connectivity index (χ2v) is 8.86. The van der Waals surface area contributed by atoms with Crippen LogP contribution in [0.1, 0.15) is 35.7 Å². The highest BCUT2D eigenvalue weighted by Crippen LogP contribution is 2.27. The molecular formula is C24H22N4O6S. The summed E-state index contributed by atoms with van der Waals surface area (Å²) in [6.07, 6.45) is 0.288. The number of hydrogen-bond donors (Lipinski definition) is 1. The summed E-state index contributed by atoms with van der Waals surface area (Å²) in [4.78, 5) is 53.5. The highest BCUT2D eigenvalue weighted by molar-refractivity contribution is 7.14. The van der Waals surface area contributed by atoms with Crippen LogP contribution >= 0.6 is 11.3 Å². The van der Waals surface area contributed by atoms with E-state index in [1.165, 1.54) is 19.1 Å². The summed E-state index contributed by atoms with van der Waals surface area (Å²) in [7, 11) is 0. The second-order valence-electron chi connectivity index (χ2n) is 8.00. The van der Waals surface area contributed by atoms with E-state index in [1.807, 2.05) is 6.07 Å². The minimum atomic E-state index is -1.09. The monoisotopic (exact) mass is 494 g/mol. The first-order chi connectivity index (χ1) is 16.8. The lowest BCUT2D eigenvalue weighted by Gasteiger charge is -2.16. The van der Waals surface area contributed by atoms with Gasteiger partial charge in [0.05, 0.1) is 16.2 Å². The number of nitrogens with one attached hydrogen (secondary N) is 1. The molecule has 11 heteroatoms. The van der Waals surface area contributed by atoms with Crippen molar-refractivity contribution in [1.82, 2.24) is 9.88 Å². The topological polar surface area (TPSA) is 132 Å². The Hall–Kier alpha value is -4.12. The van der Waals surface area contributed by atoms with Gasteiger partial charge in [-0.3, -0.25) is 25.0 Å². The molecule has 1 aromatic heterocycles. The van der Waals surface area contributed by atoms with Gasteiger partial charge in [0.25, 0.3) is 11.6 Å². The number of nitrogens with zero attached hydrogens (tertiary/aromatic N) is 3. The summed E-state index contributed by atoms with van der Waals surface area (Å²) in [5.41, 5.74) is 2.06. The van der Waals surface area contributed by atoms with Gasteiger partial charge in [0, 0.05) is 42.6 Å². The Labute approximate surface area is 204 Å². The van der Waals surface area contributed by atoms with Crippen LogP contribution in [0.4, 0.5) is 10.8 Å². The zero-order valence-corrected chi connectivity index (χ0v) is 19.6. The smallest absolute Gasteiger partial charge is 0.338 e. The number of nitro groups is 1. The number of rotatable bonds is 8. The number of anilines is 1. The zero-order chi connectivity index (χ0) is 24.9. The molecule has 0 spiro atoms. The maximum Gasteiger partial charge on any atom is 0.338 e. The molecule has 0 radical (unpaired) electrons. The third-order valence-corrected chi connectivity index (χ3v) is 6.21. The normalized spacial score (nSPS) is 14.0. The summed E-state index contributed by atoms with van der Waals surface area (Å²) in [5.74, 6) is -1.12. The van der Waals surface area contributed by atoms with Crippen molar-refractivity contribution in [3.05, 3.63) is 75.2 Å². The summed E-state index contributed by atoms with van der Waals surface area (Å²) < 4.78 is 5.32. The molecule has 1 atom stereocenters. The molecule has 4 rings (SSSR count). The average molecular weight is 495 g/mol. The van der Waals surface area contributed by atoms with Crippen molar-refractivity contribution < 1.29 is 24.0 Å². The number of benzene rings is 2. The van der Waals surface area contributed by atoms with Crippen molar-refractivity contribution in [3.63, 3.8) is 0 Å². The van der Waals surface area contributed by atoms with Gasteiger partial charge in [0.15, 0.2) is 11.2 Å². The molecular weight excluding hydrogens is 472 g/mol. The molecule has 0 saturated carbocycles. The molecule has 2 amide bonds. The van der Waals surface area contributed by atoms with Crippen LogP contribution in [0.5, 0.6) is 0 Å². The maximum atomic E-state index is 12.6. The van der Waals surface area contributed by atoms with Gasteiger partial charge in [-0.05, 0) is 31.0 Å². The number of thiazole rings is 1. The molecule has 1 saturated heterocycles. The Morgan fingerprint density at radius 1 is 1.26 bits per heavy atom. The van der Waals surface area contributed by atoms with E-state index in [2.05, 4.69) is 10.3 Å². The first-order valence-corrected chi connectivity index (χ1v) is 11.8. The molecule has 1 aliphatic heterocycles. The number of ether oxygens (including phenoxy) is 1. The Balaban J connectivity index is 1.35. The van der Waals surface area contributed by atoms with E-state index in [0.29, 0.717) is 30.8 Å². The quantitative estimate of drug-likeness (QED) is 0.284. The van der Waals surface area contributed by atoms with Crippen molar-refractivity contribution in [2.75, 3.05) is 11.9 Å². The third-order valence-electron chi connectivity index (χ3n) is 5.45. The molecule has 2 heterocycles. The van der Waals surface area contributed by atoms with E-state index in [1.54, 1.807) is 40.6 Å². The van der Waals surface area contributed by atoms with E-state index in [4.69, 9.17) is 4.74 Å². The molecule has 1 aliphatic rings. The molecule has 1 unspecified atom stereocenters. The van der Waals surface area contributed by atoms with Gasteiger partial charge in [-0.15, -0.1) is 11.3 Å². The SMILES string of the molecule is CC(OC(=O)c1cccc(CN2CCCC2=O)c1)C(=O)Nc1nc(-c2cccc([N+](=O)[O-])c2)cs1. The Kier molecular flexibility index (Phi) is 7.16. The average Bonchev–Trinajstić information content (AvgIpc) is 3.48. The molecule has 3 aromatic rings. The lowest BCUT2D eigenvalue weighted by Crippen LogP contribution is -2.30. The van der Waals surface area contributed by atoms with Crippen molar-refractivity contribution >= 4 is 39.9 Å². The number of non-ortho nitro benzene ring substituents is 1. The Morgan fingerprint density at radius 2 is 2.06 bits per heavy atom. The van der Waals surface area contributed by atoms with Crippen LogP contribution < -0.4 is 5.32 Å². The highest BCUT2D eigenvalue weighted by atomic mass is 32.1. The lowest BCUT2D eigenvalue weighted by atomic mass is 10.1. The summed E-state index contributed by atoms with van der Waals surface area (Å²) >= 11 is 1.15. The lowest BCUT2D eigenvalue weighted by molar-refractivity contribution is -0.384. The fraction of sp³-hybridized carbons (Fsp3) is 0.250. The molecule has 180 valence electrons. The molecule has 10 nitrogen and oxygen atoms in total.